The first-order valence-electron chi connectivity index (χ1n) is 19.4. The number of aryl methyl sites for hydroxylation is 2. The minimum atomic E-state index is -0.512. The van der Waals surface area contributed by atoms with Crippen molar-refractivity contribution in [2.45, 2.75) is 32.1 Å². The van der Waals surface area contributed by atoms with Crippen LogP contribution in [0.3, 0.4) is 0 Å². The zero-order valence-corrected chi connectivity index (χ0v) is 32.4. The van der Waals surface area contributed by atoms with Gasteiger partial charge in [0.25, 0.3) is 11.5 Å². The minimum Gasteiger partial charge on any atom is -0.490 e. The van der Waals surface area contributed by atoms with E-state index in [0.29, 0.717) is 71.1 Å². The van der Waals surface area contributed by atoms with Crippen LogP contribution in [0.25, 0.3) is 33.0 Å². The zero-order valence-electron chi connectivity index (χ0n) is 32.4. The summed E-state index contributed by atoms with van der Waals surface area (Å²) in [5, 5.41) is 6.62. The highest BCUT2D eigenvalue weighted by Gasteiger charge is 2.29. The van der Waals surface area contributed by atoms with Gasteiger partial charge in [0.15, 0.2) is 0 Å². The summed E-state index contributed by atoms with van der Waals surface area (Å²) in [5.74, 6) is 5.49. The lowest BCUT2D eigenvalue weighted by atomic mass is 9.90. The smallest absolute Gasteiger partial charge is 0.328 e. The number of hydrogen-bond acceptors (Lipinski definition) is 9. The molecule has 3 aliphatic heterocycles. The van der Waals surface area contributed by atoms with Crippen molar-refractivity contribution in [2.75, 3.05) is 49.3 Å². The molecule has 2 fully saturated rings. The fourth-order valence-electron chi connectivity index (χ4n) is 8.07. The summed E-state index contributed by atoms with van der Waals surface area (Å²) in [5.41, 5.74) is 6.61. The second-order valence-corrected chi connectivity index (χ2v) is 14.9. The van der Waals surface area contributed by atoms with Crippen LogP contribution in [0.2, 0.25) is 0 Å². The zero-order chi connectivity index (χ0) is 40.8. The normalized spacial score (nSPS) is 15.7. The molecule has 2 saturated heterocycles. The molecule has 0 bridgehead atoms. The number of rotatable bonds is 6. The van der Waals surface area contributed by atoms with Crippen LogP contribution in [0, 0.1) is 24.6 Å². The average Bonchev–Trinajstić information content (AvgIpc) is 3.67. The average molecular weight is 795 g/mol. The van der Waals surface area contributed by atoms with Gasteiger partial charge in [0.1, 0.15) is 35.7 Å². The summed E-state index contributed by atoms with van der Waals surface area (Å²) in [6, 6.07) is 17.3. The lowest BCUT2D eigenvalue weighted by molar-refractivity contribution is -0.120. The number of hydrogen-bond donors (Lipinski definition) is 2. The van der Waals surface area contributed by atoms with Crippen LogP contribution in [-0.2, 0) is 16.6 Å². The van der Waals surface area contributed by atoms with Crippen LogP contribution in [0.4, 0.5) is 26.2 Å². The molecule has 0 aliphatic carbocycles. The number of nitrogens with zero attached hydrogens (tertiary/aromatic N) is 4. The number of pyridine rings is 2. The SMILES string of the molecule is Cc1cc2c(N3CCOc4cc(-c5ccc(C(=O)NCC#Cc6ccc7occ(N8CCC(=O)NC8=O)c7c6)nc5)c(F)cc43)cc(C3CCOCC3)cc2n(C)c1=O. The van der Waals surface area contributed by atoms with Crippen LogP contribution in [0.1, 0.15) is 52.4 Å². The van der Waals surface area contributed by atoms with Gasteiger partial charge in [0, 0.05) is 78.5 Å². The number of anilines is 3. The number of nitrogens with one attached hydrogen (secondary N) is 2. The van der Waals surface area contributed by atoms with Crippen molar-refractivity contribution >= 4 is 56.8 Å². The van der Waals surface area contributed by atoms with Gasteiger partial charge in [-0.2, -0.15) is 0 Å². The molecule has 4 amide bonds. The third kappa shape index (κ3) is 7.14. The Morgan fingerprint density at radius 1 is 0.949 bits per heavy atom. The molecule has 6 aromatic rings. The molecular weight excluding hydrogens is 756 g/mol. The third-order valence-electron chi connectivity index (χ3n) is 11.2. The molecule has 3 aromatic carbocycles. The van der Waals surface area contributed by atoms with E-state index in [2.05, 4.69) is 44.5 Å². The van der Waals surface area contributed by atoms with Gasteiger partial charge in [-0.1, -0.05) is 17.9 Å². The van der Waals surface area contributed by atoms with Crippen LogP contribution in [0.15, 0.2) is 82.3 Å². The molecular formula is C45H39FN6O7. The Hall–Kier alpha value is -6.98. The number of halogens is 1. The Morgan fingerprint density at radius 3 is 2.59 bits per heavy atom. The Morgan fingerprint density at radius 2 is 1.80 bits per heavy atom. The number of urea groups is 1. The Labute approximate surface area is 337 Å². The Balaban J connectivity index is 0.918. The minimum absolute atomic E-state index is 0.0334. The lowest BCUT2D eigenvalue weighted by Gasteiger charge is -2.34. The number of imide groups is 1. The summed E-state index contributed by atoms with van der Waals surface area (Å²) < 4.78 is 35.2. The maximum atomic E-state index is 16.1. The largest absolute Gasteiger partial charge is 0.490 e. The number of ether oxygens (including phenoxy) is 2. The van der Waals surface area contributed by atoms with Crippen molar-refractivity contribution in [1.29, 1.82) is 0 Å². The van der Waals surface area contributed by atoms with E-state index in [9.17, 15) is 19.2 Å². The predicted octanol–water partition coefficient (Wildman–Crippen LogP) is 6.45. The molecule has 9 rings (SSSR count). The van der Waals surface area contributed by atoms with Crippen molar-refractivity contribution < 1.29 is 32.7 Å². The molecule has 298 valence electrons. The molecule has 0 atom stereocenters. The number of amides is 4. The third-order valence-corrected chi connectivity index (χ3v) is 11.2. The summed E-state index contributed by atoms with van der Waals surface area (Å²) >= 11 is 0. The molecule has 3 aromatic heterocycles. The molecule has 13 nitrogen and oxygen atoms in total. The first kappa shape index (κ1) is 37.6. The number of aromatic nitrogens is 2. The van der Waals surface area contributed by atoms with E-state index in [-0.39, 0.29) is 48.2 Å². The number of carbonyl (C=O) groups excluding carboxylic acids is 3. The Kier molecular flexibility index (Phi) is 9.82. The summed E-state index contributed by atoms with van der Waals surface area (Å²) in [7, 11) is 1.79. The Bertz CT molecular complexity index is 2810. The topological polar surface area (TPSA) is 148 Å². The van der Waals surface area contributed by atoms with Gasteiger partial charge in [0.2, 0.25) is 5.91 Å². The maximum Gasteiger partial charge on any atom is 0.328 e. The predicted molar refractivity (Wildman–Crippen MR) is 220 cm³/mol. The number of furan rings is 1. The van der Waals surface area contributed by atoms with Crippen molar-refractivity contribution in [3.63, 3.8) is 0 Å². The number of carbonyl (C=O) groups is 3. The monoisotopic (exact) mass is 794 g/mol. The highest BCUT2D eigenvalue weighted by atomic mass is 19.1. The first-order valence-corrected chi connectivity index (χ1v) is 19.4. The fourth-order valence-corrected chi connectivity index (χ4v) is 8.07. The van der Waals surface area contributed by atoms with Gasteiger partial charge >= 0.3 is 6.03 Å². The number of benzene rings is 3. The van der Waals surface area contributed by atoms with Gasteiger partial charge < -0.3 is 28.7 Å². The summed E-state index contributed by atoms with van der Waals surface area (Å²) in [6.07, 6.45) is 4.87. The van der Waals surface area contributed by atoms with Crippen LogP contribution < -0.4 is 30.7 Å². The molecule has 2 N–H and O–H groups in total. The van der Waals surface area contributed by atoms with Gasteiger partial charge in [-0.25, -0.2) is 9.18 Å². The molecule has 0 unspecified atom stereocenters. The van der Waals surface area contributed by atoms with E-state index in [1.54, 1.807) is 41.9 Å². The molecule has 59 heavy (non-hydrogen) atoms. The van der Waals surface area contributed by atoms with E-state index in [4.69, 9.17) is 13.9 Å². The standard InChI is InChI=1S/C45H39FN6O7/c1-26-18-32-36(50(2)44(26)55)20-30(28-10-15-57-16-11-28)21-37(32)51-14-17-58-41-22-31(34(46)23-38(41)51)29-6-7-35(48-24-29)43(54)47-12-3-4-27-5-8-40-33(19-27)39(25-59-40)52-13-9-42(53)49-45(52)56/h5-8,18-25,28H,9-17H2,1-2H3,(H,47,54)(H,49,53,56). The molecule has 6 heterocycles. The van der Waals surface area contributed by atoms with Crippen LogP contribution in [0.5, 0.6) is 5.75 Å². The van der Waals surface area contributed by atoms with Crippen molar-refractivity contribution in [1.82, 2.24) is 20.2 Å². The number of fused-ring (bicyclic) bond motifs is 3. The maximum absolute atomic E-state index is 16.1. The second kappa shape index (κ2) is 15.4. The molecule has 0 spiro atoms. The first-order chi connectivity index (χ1) is 28.6. The van der Waals surface area contributed by atoms with Gasteiger partial charge in [-0.3, -0.25) is 29.6 Å². The van der Waals surface area contributed by atoms with E-state index in [1.165, 1.54) is 29.5 Å². The quantitative estimate of drug-likeness (QED) is 0.182. The molecule has 0 saturated carbocycles. The van der Waals surface area contributed by atoms with E-state index in [0.717, 1.165) is 35.0 Å². The van der Waals surface area contributed by atoms with E-state index in [1.807, 2.05) is 13.0 Å². The summed E-state index contributed by atoms with van der Waals surface area (Å²) in [4.78, 5) is 57.9. The molecule has 0 radical (unpaired) electrons. The van der Waals surface area contributed by atoms with E-state index >= 15 is 4.39 Å². The van der Waals surface area contributed by atoms with Gasteiger partial charge in [0.05, 0.1) is 35.7 Å². The second-order valence-electron chi connectivity index (χ2n) is 14.9. The lowest BCUT2D eigenvalue weighted by Crippen LogP contribution is -2.49. The summed E-state index contributed by atoms with van der Waals surface area (Å²) in [6.45, 7) is 4.29. The fraction of sp³-hybridized carbons (Fsp3) is 0.267. The van der Waals surface area contributed by atoms with Gasteiger partial charge in [-0.05, 0) is 79.8 Å². The van der Waals surface area contributed by atoms with Crippen molar-refractivity contribution in [3.05, 3.63) is 112 Å². The van der Waals surface area contributed by atoms with Crippen molar-refractivity contribution in [2.24, 2.45) is 7.05 Å². The highest BCUT2D eigenvalue weighted by molar-refractivity contribution is 6.09. The molecule has 3 aliphatic rings. The highest BCUT2D eigenvalue weighted by Crippen LogP contribution is 2.44. The van der Waals surface area contributed by atoms with Crippen LogP contribution >= 0.6 is 0 Å². The van der Waals surface area contributed by atoms with Crippen LogP contribution in [-0.4, -0.2) is 66.9 Å². The van der Waals surface area contributed by atoms with Crippen molar-refractivity contribution in [3.8, 4) is 28.7 Å². The van der Waals surface area contributed by atoms with E-state index < -0.39 is 17.8 Å². The molecule has 14 heteroatoms. The van der Waals surface area contributed by atoms with Gasteiger partial charge in [-0.15, -0.1) is 0 Å².